The molecule has 0 saturated heterocycles. The van der Waals surface area contributed by atoms with Crippen LogP contribution in [-0.2, 0) is 4.79 Å². The van der Waals surface area contributed by atoms with Crippen molar-refractivity contribution in [1.82, 2.24) is 4.98 Å². The maximum atomic E-state index is 12.2. The second kappa shape index (κ2) is 4.45. The first-order valence-corrected chi connectivity index (χ1v) is 5.99. The summed E-state index contributed by atoms with van der Waals surface area (Å²) in [6.45, 7) is 4.52. The lowest BCUT2D eigenvalue weighted by Crippen LogP contribution is -2.51. The van der Waals surface area contributed by atoms with Crippen molar-refractivity contribution in [3.05, 3.63) is 24.0 Å². The maximum absolute atomic E-state index is 12.2. The number of nitrogens with two attached hydrogens (primary N) is 1. The first-order valence-electron chi connectivity index (χ1n) is 5.99. The average Bonchev–Trinajstić information content (AvgIpc) is 2.24. The fraction of sp³-hybridized carbons (Fsp3) is 0.538. The van der Waals surface area contributed by atoms with Gasteiger partial charge in [-0.1, -0.05) is 6.92 Å². The minimum atomic E-state index is -0.358. The summed E-state index contributed by atoms with van der Waals surface area (Å²) in [5.74, 6) is 0.630. The molecule has 1 aromatic rings. The Balaban J connectivity index is 2.06. The van der Waals surface area contributed by atoms with Crippen molar-refractivity contribution in [3.8, 4) is 0 Å². The molecule has 3 N–H and O–H groups in total. The maximum Gasteiger partial charge on any atom is 0.231 e. The van der Waals surface area contributed by atoms with Gasteiger partial charge in [0.25, 0.3) is 0 Å². The summed E-state index contributed by atoms with van der Waals surface area (Å²) in [6, 6.07) is 1.91. The highest BCUT2D eigenvalue weighted by atomic mass is 16.2. The van der Waals surface area contributed by atoms with Gasteiger partial charge in [0.2, 0.25) is 5.91 Å². The second-order valence-corrected chi connectivity index (χ2v) is 5.20. The Kier molecular flexibility index (Phi) is 3.15. The van der Waals surface area contributed by atoms with Crippen molar-refractivity contribution in [2.45, 2.75) is 26.7 Å². The van der Waals surface area contributed by atoms with E-state index in [1.54, 1.807) is 12.4 Å². The molecule has 1 aliphatic rings. The molecule has 0 radical (unpaired) electrons. The predicted molar refractivity (Wildman–Crippen MR) is 67.5 cm³/mol. The molecule has 0 aliphatic heterocycles. The quantitative estimate of drug-likeness (QED) is 0.835. The highest BCUT2D eigenvalue weighted by Crippen LogP contribution is 2.45. The molecule has 1 saturated carbocycles. The summed E-state index contributed by atoms with van der Waals surface area (Å²) >= 11 is 0. The highest BCUT2D eigenvalue weighted by Gasteiger charge is 2.47. The molecule has 1 heterocycles. The van der Waals surface area contributed by atoms with Crippen LogP contribution in [0.4, 0.5) is 5.69 Å². The molecule has 0 aromatic carbocycles. The molecule has 2 rings (SSSR count). The van der Waals surface area contributed by atoms with E-state index < -0.39 is 0 Å². The smallest absolute Gasteiger partial charge is 0.231 e. The van der Waals surface area contributed by atoms with E-state index in [1.807, 2.05) is 13.0 Å². The van der Waals surface area contributed by atoms with Gasteiger partial charge in [0.05, 0.1) is 17.3 Å². The molecule has 1 aromatic heterocycles. The molecule has 0 unspecified atom stereocenters. The lowest BCUT2D eigenvalue weighted by Gasteiger charge is -2.44. The van der Waals surface area contributed by atoms with E-state index in [9.17, 15) is 4.79 Å². The largest absolute Gasteiger partial charge is 0.329 e. The van der Waals surface area contributed by atoms with Crippen molar-refractivity contribution < 1.29 is 4.79 Å². The number of nitrogens with zero attached hydrogens (tertiary/aromatic N) is 1. The predicted octanol–water partition coefficient (Wildman–Crippen LogP) is 1.70. The second-order valence-electron chi connectivity index (χ2n) is 5.20. The molecule has 1 amide bonds. The topological polar surface area (TPSA) is 68.0 Å². The zero-order valence-corrected chi connectivity index (χ0v) is 10.4. The van der Waals surface area contributed by atoms with Gasteiger partial charge < -0.3 is 11.1 Å². The van der Waals surface area contributed by atoms with Gasteiger partial charge in [-0.2, -0.15) is 0 Å². The SMILES string of the molecule is Cc1cncc(NC(=O)C2(CN)CC(C)C2)c1. The van der Waals surface area contributed by atoms with Gasteiger partial charge in [-0.15, -0.1) is 0 Å². The van der Waals surface area contributed by atoms with Gasteiger partial charge in [0.1, 0.15) is 0 Å². The van der Waals surface area contributed by atoms with Crippen molar-refractivity contribution in [1.29, 1.82) is 0 Å². The van der Waals surface area contributed by atoms with Gasteiger partial charge in [-0.25, -0.2) is 0 Å². The van der Waals surface area contributed by atoms with Gasteiger partial charge in [-0.05, 0) is 37.3 Å². The number of rotatable bonds is 3. The average molecular weight is 233 g/mol. The molecule has 4 nitrogen and oxygen atoms in total. The first kappa shape index (κ1) is 12.0. The van der Waals surface area contributed by atoms with E-state index in [0.717, 1.165) is 24.1 Å². The van der Waals surface area contributed by atoms with Crippen LogP contribution in [0.25, 0.3) is 0 Å². The van der Waals surface area contributed by atoms with Crippen LogP contribution in [0.2, 0.25) is 0 Å². The summed E-state index contributed by atoms with van der Waals surface area (Å²) in [7, 11) is 0. The van der Waals surface area contributed by atoms with E-state index in [-0.39, 0.29) is 11.3 Å². The van der Waals surface area contributed by atoms with Crippen molar-refractivity contribution in [2.24, 2.45) is 17.1 Å². The zero-order valence-electron chi connectivity index (χ0n) is 10.4. The molecule has 4 heteroatoms. The number of carbonyl (C=O) groups excluding carboxylic acids is 1. The van der Waals surface area contributed by atoms with Crippen LogP contribution in [0, 0.1) is 18.3 Å². The first-order chi connectivity index (χ1) is 8.05. The van der Waals surface area contributed by atoms with E-state index in [0.29, 0.717) is 12.5 Å². The van der Waals surface area contributed by atoms with Crippen LogP contribution >= 0.6 is 0 Å². The Labute approximate surface area is 102 Å². The number of amides is 1. The number of aryl methyl sites for hydroxylation is 1. The van der Waals surface area contributed by atoms with E-state index >= 15 is 0 Å². The van der Waals surface area contributed by atoms with Gasteiger partial charge >= 0.3 is 0 Å². The molecule has 92 valence electrons. The third-order valence-corrected chi connectivity index (χ3v) is 3.48. The Morgan fingerprint density at radius 1 is 1.59 bits per heavy atom. The van der Waals surface area contributed by atoms with Crippen LogP contribution in [0.1, 0.15) is 25.3 Å². The molecule has 0 bridgehead atoms. The van der Waals surface area contributed by atoms with E-state index in [2.05, 4.69) is 17.2 Å². The van der Waals surface area contributed by atoms with Crippen LogP contribution in [-0.4, -0.2) is 17.4 Å². The summed E-state index contributed by atoms with van der Waals surface area (Å²) < 4.78 is 0. The number of hydrogen-bond acceptors (Lipinski definition) is 3. The lowest BCUT2D eigenvalue weighted by molar-refractivity contribution is -0.132. The minimum Gasteiger partial charge on any atom is -0.329 e. The number of nitrogens with one attached hydrogen (secondary N) is 1. The lowest BCUT2D eigenvalue weighted by atomic mass is 9.62. The van der Waals surface area contributed by atoms with E-state index in [4.69, 9.17) is 5.73 Å². The highest BCUT2D eigenvalue weighted by molar-refractivity contribution is 5.96. The Bertz CT molecular complexity index is 424. The monoisotopic (exact) mass is 233 g/mol. The van der Waals surface area contributed by atoms with Crippen molar-refractivity contribution in [2.75, 3.05) is 11.9 Å². The van der Waals surface area contributed by atoms with Gasteiger partial charge in [0.15, 0.2) is 0 Å². The minimum absolute atomic E-state index is 0.0329. The third kappa shape index (κ3) is 2.31. The third-order valence-electron chi connectivity index (χ3n) is 3.48. The Hall–Kier alpha value is -1.42. The molecule has 1 fully saturated rings. The number of aromatic nitrogens is 1. The summed E-state index contributed by atoms with van der Waals surface area (Å²) in [5, 5.41) is 2.92. The molecule has 0 spiro atoms. The number of hydrogen-bond donors (Lipinski definition) is 2. The Morgan fingerprint density at radius 3 is 2.82 bits per heavy atom. The van der Waals surface area contributed by atoms with Crippen molar-refractivity contribution in [3.63, 3.8) is 0 Å². The molecular weight excluding hydrogens is 214 g/mol. The van der Waals surface area contributed by atoms with Gasteiger partial charge in [0, 0.05) is 12.7 Å². The molecule has 1 aliphatic carbocycles. The number of anilines is 1. The van der Waals surface area contributed by atoms with Crippen molar-refractivity contribution >= 4 is 11.6 Å². The standard InChI is InChI=1S/C13H19N3O/c1-9-3-11(7-15-6-9)16-12(17)13(8-14)4-10(2)5-13/h3,6-7,10H,4-5,8,14H2,1-2H3,(H,16,17). The van der Waals surface area contributed by atoms with Crippen LogP contribution < -0.4 is 11.1 Å². The summed E-state index contributed by atoms with van der Waals surface area (Å²) in [5.41, 5.74) is 7.17. The van der Waals surface area contributed by atoms with E-state index in [1.165, 1.54) is 0 Å². The summed E-state index contributed by atoms with van der Waals surface area (Å²) in [6.07, 6.45) is 5.19. The van der Waals surface area contributed by atoms with Crippen LogP contribution in [0.3, 0.4) is 0 Å². The normalized spacial score (nSPS) is 27.4. The Morgan fingerprint density at radius 2 is 2.29 bits per heavy atom. The number of pyridine rings is 1. The van der Waals surface area contributed by atoms with Gasteiger partial charge in [-0.3, -0.25) is 9.78 Å². The fourth-order valence-electron chi connectivity index (χ4n) is 2.61. The summed E-state index contributed by atoms with van der Waals surface area (Å²) in [4.78, 5) is 16.2. The zero-order chi connectivity index (χ0) is 12.5. The van der Waals surface area contributed by atoms with Crippen LogP contribution in [0.5, 0.6) is 0 Å². The van der Waals surface area contributed by atoms with Crippen LogP contribution in [0.15, 0.2) is 18.5 Å². The fourth-order valence-corrected chi connectivity index (χ4v) is 2.61. The number of carbonyl (C=O) groups is 1. The molecular formula is C13H19N3O. The molecule has 17 heavy (non-hydrogen) atoms. The molecule has 0 atom stereocenters.